The fourth-order valence-corrected chi connectivity index (χ4v) is 1.79. The molecule has 0 saturated carbocycles. The second-order valence-electron chi connectivity index (χ2n) is 5.87. The molecule has 8 nitrogen and oxygen atoms in total. The standard InChI is InChI=1S/C13H21NO7/c1-7(15)8(9(16)17)13(5,10(18)19)14(6)11(20)21-12(2,3)4/h8H,1-6H3,(H,16,17)(H,18,19)/t8-,13+/m1/s1. The summed E-state index contributed by atoms with van der Waals surface area (Å²) in [5.41, 5.74) is -3.15. The molecule has 0 aliphatic carbocycles. The Morgan fingerprint density at radius 3 is 1.71 bits per heavy atom. The summed E-state index contributed by atoms with van der Waals surface area (Å²) in [6, 6.07) is 0. The number of hydrogen-bond donors (Lipinski definition) is 2. The van der Waals surface area contributed by atoms with Crippen LogP contribution in [0.1, 0.15) is 34.6 Å². The predicted octanol–water partition coefficient (Wildman–Crippen LogP) is 0.986. The van der Waals surface area contributed by atoms with Crippen LogP contribution < -0.4 is 0 Å². The van der Waals surface area contributed by atoms with Crippen molar-refractivity contribution in [2.24, 2.45) is 5.92 Å². The number of carbonyl (C=O) groups is 4. The van der Waals surface area contributed by atoms with Gasteiger partial charge in [0.25, 0.3) is 0 Å². The number of nitrogens with zero attached hydrogens (tertiary/aromatic N) is 1. The lowest BCUT2D eigenvalue weighted by atomic mass is 9.81. The van der Waals surface area contributed by atoms with Gasteiger partial charge in [0.1, 0.15) is 17.3 Å². The molecule has 0 aromatic heterocycles. The first-order valence-electron chi connectivity index (χ1n) is 6.18. The first-order valence-corrected chi connectivity index (χ1v) is 6.18. The first-order chi connectivity index (χ1) is 9.25. The minimum absolute atomic E-state index is 0.626. The number of hydrogen-bond acceptors (Lipinski definition) is 5. The van der Waals surface area contributed by atoms with Gasteiger partial charge in [0.05, 0.1) is 0 Å². The SMILES string of the molecule is CC(=O)[C@H](C(=O)O)[C@@](C)(C(=O)O)N(C)C(=O)OC(C)(C)C. The van der Waals surface area contributed by atoms with Crippen molar-refractivity contribution < 1.29 is 34.1 Å². The van der Waals surface area contributed by atoms with Gasteiger partial charge >= 0.3 is 18.0 Å². The van der Waals surface area contributed by atoms with Gasteiger partial charge in [0.15, 0.2) is 5.54 Å². The Balaban J connectivity index is 5.76. The number of aliphatic carboxylic acids is 2. The van der Waals surface area contributed by atoms with Crippen molar-refractivity contribution in [3.63, 3.8) is 0 Å². The van der Waals surface area contributed by atoms with Gasteiger partial charge < -0.3 is 14.9 Å². The van der Waals surface area contributed by atoms with Gasteiger partial charge in [-0.25, -0.2) is 9.59 Å². The highest BCUT2D eigenvalue weighted by molar-refractivity contribution is 6.04. The van der Waals surface area contributed by atoms with Gasteiger partial charge in [0, 0.05) is 7.05 Å². The lowest BCUT2D eigenvalue weighted by Gasteiger charge is -2.38. The number of carboxylic acid groups (broad SMARTS) is 2. The van der Waals surface area contributed by atoms with Crippen LogP contribution in [-0.4, -0.2) is 57.1 Å². The molecule has 1 amide bonds. The summed E-state index contributed by atoms with van der Waals surface area (Å²) in [6.07, 6.45) is -1.03. The summed E-state index contributed by atoms with van der Waals surface area (Å²) < 4.78 is 5.02. The Morgan fingerprint density at radius 1 is 1.05 bits per heavy atom. The maximum absolute atomic E-state index is 12.0. The minimum atomic E-state index is -2.26. The van der Waals surface area contributed by atoms with Crippen LogP contribution in [0.2, 0.25) is 0 Å². The Labute approximate surface area is 122 Å². The molecule has 0 aromatic carbocycles. The van der Waals surface area contributed by atoms with Gasteiger partial charge in [-0.3, -0.25) is 14.5 Å². The average molecular weight is 303 g/mol. The van der Waals surface area contributed by atoms with Crippen LogP contribution in [0.3, 0.4) is 0 Å². The van der Waals surface area contributed by atoms with E-state index in [4.69, 9.17) is 9.84 Å². The molecule has 0 radical (unpaired) electrons. The number of carboxylic acids is 2. The molecule has 0 bridgehead atoms. The molecule has 120 valence electrons. The molecule has 0 spiro atoms. The van der Waals surface area contributed by atoms with E-state index in [0.29, 0.717) is 4.90 Å². The summed E-state index contributed by atoms with van der Waals surface area (Å²) in [7, 11) is 1.08. The van der Waals surface area contributed by atoms with Crippen molar-refractivity contribution in [3.05, 3.63) is 0 Å². The molecule has 8 heteroatoms. The highest BCUT2D eigenvalue weighted by atomic mass is 16.6. The molecular weight excluding hydrogens is 282 g/mol. The van der Waals surface area contributed by atoms with Crippen LogP contribution in [0, 0.1) is 5.92 Å². The molecule has 0 aliphatic rings. The number of Topliss-reactive ketones (excluding diaryl/α,β-unsaturated/α-hetero) is 1. The van der Waals surface area contributed by atoms with E-state index >= 15 is 0 Å². The quantitative estimate of drug-likeness (QED) is 0.726. The topological polar surface area (TPSA) is 121 Å². The molecule has 21 heavy (non-hydrogen) atoms. The zero-order chi connectivity index (χ0) is 17.2. The van der Waals surface area contributed by atoms with Crippen LogP contribution in [0.25, 0.3) is 0 Å². The molecule has 0 saturated heterocycles. The van der Waals surface area contributed by atoms with Crippen LogP contribution in [-0.2, 0) is 19.1 Å². The number of carbonyl (C=O) groups excluding carboxylic acids is 2. The fraction of sp³-hybridized carbons (Fsp3) is 0.692. The highest BCUT2D eigenvalue weighted by Gasteiger charge is 2.54. The summed E-state index contributed by atoms with van der Waals surface area (Å²) in [4.78, 5) is 46.9. The van der Waals surface area contributed by atoms with E-state index in [1.54, 1.807) is 20.8 Å². The monoisotopic (exact) mass is 303 g/mol. The van der Waals surface area contributed by atoms with E-state index in [1.165, 1.54) is 0 Å². The molecular formula is C13H21NO7. The zero-order valence-electron chi connectivity index (χ0n) is 13.0. The van der Waals surface area contributed by atoms with Crippen molar-refractivity contribution in [2.45, 2.75) is 45.8 Å². The third-order valence-electron chi connectivity index (χ3n) is 3.01. The highest BCUT2D eigenvalue weighted by Crippen LogP contribution is 2.27. The molecule has 0 fully saturated rings. The second-order valence-corrected chi connectivity index (χ2v) is 5.87. The van der Waals surface area contributed by atoms with Gasteiger partial charge in [-0.1, -0.05) is 0 Å². The maximum Gasteiger partial charge on any atom is 0.411 e. The molecule has 0 aromatic rings. The van der Waals surface area contributed by atoms with Gasteiger partial charge in [-0.15, -0.1) is 0 Å². The second kappa shape index (κ2) is 6.11. The Morgan fingerprint density at radius 2 is 1.48 bits per heavy atom. The third-order valence-corrected chi connectivity index (χ3v) is 3.01. The predicted molar refractivity (Wildman–Crippen MR) is 71.8 cm³/mol. The minimum Gasteiger partial charge on any atom is -0.481 e. The van der Waals surface area contributed by atoms with Crippen molar-refractivity contribution in [3.8, 4) is 0 Å². The Hall–Kier alpha value is -2.12. The zero-order valence-corrected chi connectivity index (χ0v) is 13.0. The van der Waals surface area contributed by atoms with E-state index in [9.17, 15) is 24.3 Å². The van der Waals surface area contributed by atoms with E-state index in [0.717, 1.165) is 20.9 Å². The van der Waals surface area contributed by atoms with Crippen LogP contribution >= 0.6 is 0 Å². The molecule has 0 aliphatic heterocycles. The lowest BCUT2D eigenvalue weighted by Crippen LogP contribution is -2.62. The lowest BCUT2D eigenvalue weighted by molar-refractivity contribution is -0.165. The van der Waals surface area contributed by atoms with Crippen LogP contribution in [0.5, 0.6) is 0 Å². The number of rotatable bonds is 5. The van der Waals surface area contributed by atoms with Crippen molar-refractivity contribution in [1.82, 2.24) is 4.90 Å². The van der Waals surface area contributed by atoms with Crippen LogP contribution in [0.4, 0.5) is 4.79 Å². The Kier molecular flexibility index (Phi) is 5.49. The molecule has 0 rings (SSSR count). The van der Waals surface area contributed by atoms with Crippen molar-refractivity contribution in [2.75, 3.05) is 7.05 Å². The summed E-state index contributed by atoms with van der Waals surface area (Å²) in [5, 5.41) is 18.5. The number of ketones is 1. The van der Waals surface area contributed by atoms with E-state index < -0.39 is 40.9 Å². The normalized spacial score (nSPS) is 15.5. The smallest absolute Gasteiger partial charge is 0.411 e. The summed E-state index contributed by atoms with van der Waals surface area (Å²) in [5.74, 6) is -6.02. The van der Waals surface area contributed by atoms with Gasteiger partial charge in [-0.2, -0.15) is 0 Å². The fourth-order valence-electron chi connectivity index (χ4n) is 1.79. The molecule has 0 unspecified atom stereocenters. The van der Waals surface area contributed by atoms with Gasteiger partial charge in [0.2, 0.25) is 0 Å². The summed E-state index contributed by atoms with van der Waals surface area (Å²) in [6.45, 7) is 6.70. The summed E-state index contributed by atoms with van der Waals surface area (Å²) >= 11 is 0. The largest absolute Gasteiger partial charge is 0.481 e. The van der Waals surface area contributed by atoms with E-state index in [1.807, 2.05) is 0 Å². The molecule has 0 heterocycles. The maximum atomic E-state index is 12.0. The number of ether oxygens (including phenoxy) is 1. The van der Waals surface area contributed by atoms with Crippen molar-refractivity contribution >= 4 is 23.8 Å². The first kappa shape index (κ1) is 18.9. The molecule has 2 atom stereocenters. The van der Waals surface area contributed by atoms with Crippen molar-refractivity contribution in [1.29, 1.82) is 0 Å². The average Bonchev–Trinajstić information content (AvgIpc) is 2.23. The van der Waals surface area contributed by atoms with Crippen LogP contribution in [0.15, 0.2) is 0 Å². The molecule has 2 N–H and O–H groups in total. The number of amides is 1. The van der Waals surface area contributed by atoms with E-state index in [2.05, 4.69) is 0 Å². The number of likely N-dealkylation sites (N-methyl/N-ethyl adjacent to an activating group) is 1. The third kappa shape index (κ3) is 4.17. The van der Waals surface area contributed by atoms with E-state index in [-0.39, 0.29) is 0 Å². The Bertz CT molecular complexity index is 452. The van der Waals surface area contributed by atoms with Gasteiger partial charge in [-0.05, 0) is 34.6 Å².